The van der Waals surface area contributed by atoms with Crippen LogP contribution in [0.1, 0.15) is 17.3 Å². The Balaban J connectivity index is 1.22. The maximum Gasteiger partial charge on any atom is 0.143 e. The fraction of sp³-hybridized carbons (Fsp3) is 0.0213. The molecule has 1 heterocycles. The topological polar surface area (TPSA) is 51.2 Å². The van der Waals surface area contributed by atoms with Gasteiger partial charge < -0.3 is 15.5 Å². The van der Waals surface area contributed by atoms with Gasteiger partial charge in [-0.2, -0.15) is 0 Å². The molecule has 0 spiro atoms. The molecule has 0 amide bonds. The second-order valence-electron chi connectivity index (χ2n) is 12.8. The van der Waals surface area contributed by atoms with Gasteiger partial charge in [-0.1, -0.05) is 152 Å². The average molecular weight is 643 g/mol. The lowest BCUT2D eigenvalue weighted by molar-refractivity contribution is 0.660. The van der Waals surface area contributed by atoms with Crippen molar-refractivity contribution in [1.29, 1.82) is 0 Å². The van der Waals surface area contributed by atoms with Gasteiger partial charge >= 0.3 is 0 Å². The van der Waals surface area contributed by atoms with Crippen molar-refractivity contribution in [3.63, 3.8) is 0 Å². The van der Waals surface area contributed by atoms with Crippen LogP contribution in [0, 0.1) is 0 Å². The first-order valence-corrected chi connectivity index (χ1v) is 16.9. The van der Waals surface area contributed by atoms with Crippen LogP contribution in [0.2, 0.25) is 0 Å². The summed E-state index contributed by atoms with van der Waals surface area (Å²) in [7, 11) is 0. The Morgan fingerprint density at radius 3 is 1.92 bits per heavy atom. The Labute approximate surface area is 290 Å². The molecular formula is C47H34N2O. The summed E-state index contributed by atoms with van der Waals surface area (Å²) in [6.45, 7) is 4.41. The van der Waals surface area contributed by atoms with E-state index in [-0.39, 0.29) is 0 Å². The van der Waals surface area contributed by atoms with Crippen LogP contribution in [-0.4, -0.2) is 0 Å². The van der Waals surface area contributed by atoms with Crippen LogP contribution in [0.4, 0.5) is 0 Å². The summed E-state index contributed by atoms with van der Waals surface area (Å²) in [5, 5.41) is 10.3. The fourth-order valence-electron chi connectivity index (χ4n) is 7.37. The molecule has 0 radical (unpaired) electrons. The van der Waals surface area contributed by atoms with Gasteiger partial charge in [-0.3, -0.25) is 0 Å². The Bertz CT molecular complexity index is 2710. The van der Waals surface area contributed by atoms with E-state index in [2.05, 4.69) is 164 Å². The van der Waals surface area contributed by atoms with Crippen molar-refractivity contribution in [3.8, 4) is 33.4 Å². The van der Waals surface area contributed by atoms with Gasteiger partial charge in [0.05, 0.1) is 0 Å². The molecule has 0 aliphatic rings. The molecule has 3 N–H and O–H groups in total. The third-order valence-corrected chi connectivity index (χ3v) is 9.79. The molecule has 0 bridgehead atoms. The monoisotopic (exact) mass is 642 g/mol. The van der Waals surface area contributed by atoms with E-state index in [4.69, 9.17) is 10.2 Å². The quantitative estimate of drug-likeness (QED) is 0.170. The number of fused-ring (bicyclic) bond motifs is 5. The molecule has 1 atom stereocenters. The third-order valence-electron chi connectivity index (χ3n) is 9.79. The van der Waals surface area contributed by atoms with Crippen LogP contribution in [0.5, 0.6) is 0 Å². The second kappa shape index (κ2) is 12.2. The minimum absolute atomic E-state index is 0.533. The van der Waals surface area contributed by atoms with E-state index in [1.165, 1.54) is 27.1 Å². The number of furan rings is 1. The van der Waals surface area contributed by atoms with Crippen molar-refractivity contribution < 1.29 is 4.42 Å². The number of nitrogens with two attached hydrogens (primary N) is 1. The van der Waals surface area contributed by atoms with Crippen molar-refractivity contribution in [2.24, 2.45) is 5.73 Å². The molecule has 9 aromatic rings. The highest BCUT2D eigenvalue weighted by atomic mass is 16.3. The Kier molecular flexibility index (Phi) is 7.27. The van der Waals surface area contributed by atoms with Crippen LogP contribution in [0.25, 0.3) is 82.6 Å². The molecule has 0 aliphatic carbocycles. The summed E-state index contributed by atoms with van der Waals surface area (Å²) in [6, 6.07) is 59.5. The minimum Gasteiger partial charge on any atom is -0.455 e. The van der Waals surface area contributed by atoms with Crippen molar-refractivity contribution in [3.05, 3.63) is 188 Å². The summed E-state index contributed by atoms with van der Waals surface area (Å²) < 4.78 is 6.80. The summed E-state index contributed by atoms with van der Waals surface area (Å²) >= 11 is 0. The summed E-state index contributed by atoms with van der Waals surface area (Å²) in [5.74, 6) is 0. The van der Waals surface area contributed by atoms with Gasteiger partial charge in [-0.15, -0.1) is 0 Å². The van der Waals surface area contributed by atoms with E-state index in [1.807, 2.05) is 18.2 Å². The molecule has 50 heavy (non-hydrogen) atoms. The van der Waals surface area contributed by atoms with E-state index in [9.17, 15) is 0 Å². The summed E-state index contributed by atoms with van der Waals surface area (Å²) in [6.07, 6.45) is -0.533. The lowest BCUT2D eigenvalue weighted by atomic mass is 9.90. The largest absolute Gasteiger partial charge is 0.455 e. The zero-order valence-electron chi connectivity index (χ0n) is 27.4. The molecule has 9 rings (SSSR count). The molecule has 3 nitrogen and oxygen atoms in total. The molecule has 0 saturated heterocycles. The standard InChI is InChI=1S/C47H34N2O/c1-30(34-19-9-20-35(27-34)31-13-3-2-4-14-31)49-47(48)41-25-12-26-44-45(41)43-29-36(39-23-10-17-32-15-5-7-21-37(32)39)28-42(46(43)50-44)40-24-11-18-33-16-6-8-22-38(33)40/h2-29,47,49H,1,48H2. The minimum atomic E-state index is -0.533. The highest BCUT2D eigenvalue weighted by Crippen LogP contribution is 2.44. The van der Waals surface area contributed by atoms with Gasteiger partial charge in [0, 0.05) is 27.6 Å². The smallest absolute Gasteiger partial charge is 0.143 e. The fourth-order valence-corrected chi connectivity index (χ4v) is 7.37. The SMILES string of the molecule is C=C(NC(N)c1cccc2oc3c(-c4cccc5ccccc45)cc(-c4cccc5ccccc45)cc3c12)c1cccc(-c2ccccc2)c1. The predicted molar refractivity (Wildman–Crippen MR) is 211 cm³/mol. The number of nitrogens with one attached hydrogen (secondary N) is 1. The van der Waals surface area contributed by atoms with Gasteiger partial charge in [-0.25, -0.2) is 0 Å². The van der Waals surface area contributed by atoms with E-state index in [1.54, 1.807) is 0 Å². The van der Waals surface area contributed by atoms with Gasteiger partial charge in [0.25, 0.3) is 0 Å². The van der Waals surface area contributed by atoms with Crippen molar-refractivity contribution in [1.82, 2.24) is 5.32 Å². The highest BCUT2D eigenvalue weighted by molar-refractivity contribution is 6.15. The first-order chi connectivity index (χ1) is 24.6. The molecule has 238 valence electrons. The molecule has 1 unspecified atom stereocenters. The van der Waals surface area contributed by atoms with E-state index in [0.29, 0.717) is 0 Å². The predicted octanol–water partition coefficient (Wildman–Crippen LogP) is 12.1. The normalized spacial score (nSPS) is 12.1. The molecule has 0 aliphatic heterocycles. The second-order valence-corrected chi connectivity index (χ2v) is 12.8. The highest BCUT2D eigenvalue weighted by Gasteiger charge is 2.21. The Hall–Kier alpha value is -6.42. The van der Waals surface area contributed by atoms with Crippen LogP contribution in [0.3, 0.4) is 0 Å². The average Bonchev–Trinajstić information content (AvgIpc) is 3.56. The number of hydrogen-bond acceptors (Lipinski definition) is 3. The Morgan fingerprint density at radius 1 is 0.520 bits per heavy atom. The first-order valence-electron chi connectivity index (χ1n) is 16.9. The number of benzene rings is 8. The van der Waals surface area contributed by atoms with Crippen LogP contribution >= 0.6 is 0 Å². The summed E-state index contributed by atoms with van der Waals surface area (Å²) in [4.78, 5) is 0. The number of hydrogen-bond donors (Lipinski definition) is 2. The first kappa shape index (κ1) is 29.7. The lowest BCUT2D eigenvalue weighted by Gasteiger charge is -2.19. The van der Waals surface area contributed by atoms with Gasteiger partial charge in [0.2, 0.25) is 0 Å². The maximum atomic E-state index is 7.03. The molecule has 3 heteroatoms. The Morgan fingerprint density at radius 2 is 1.14 bits per heavy atom. The van der Waals surface area contributed by atoms with E-state index >= 15 is 0 Å². The lowest BCUT2D eigenvalue weighted by Crippen LogP contribution is -2.27. The van der Waals surface area contributed by atoms with Gasteiger partial charge in [0.15, 0.2) is 0 Å². The number of rotatable bonds is 7. The van der Waals surface area contributed by atoms with E-state index in [0.717, 1.165) is 66.6 Å². The van der Waals surface area contributed by atoms with Crippen molar-refractivity contribution in [2.45, 2.75) is 6.17 Å². The molecule has 1 aromatic heterocycles. The third kappa shape index (κ3) is 5.13. The van der Waals surface area contributed by atoms with E-state index < -0.39 is 6.17 Å². The summed E-state index contributed by atoms with van der Waals surface area (Å²) in [5.41, 5.74) is 18.1. The van der Waals surface area contributed by atoms with Gasteiger partial charge in [0.1, 0.15) is 17.3 Å². The molecular weight excluding hydrogens is 609 g/mol. The van der Waals surface area contributed by atoms with Crippen LogP contribution < -0.4 is 11.1 Å². The molecule has 0 saturated carbocycles. The van der Waals surface area contributed by atoms with Crippen molar-refractivity contribution >= 4 is 49.2 Å². The zero-order chi connectivity index (χ0) is 33.6. The van der Waals surface area contributed by atoms with Crippen molar-refractivity contribution in [2.75, 3.05) is 0 Å². The van der Waals surface area contributed by atoms with Crippen LogP contribution in [0.15, 0.2) is 181 Å². The van der Waals surface area contributed by atoms with Gasteiger partial charge in [-0.05, 0) is 79.2 Å². The zero-order valence-corrected chi connectivity index (χ0v) is 27.4. The van der Waals surface area contributed by atoms with Crippen LogP contribution in [-0.2, 0) is 0 Å². The molecule has 0 fully saturated rings. The molecule has 8 aromatic carbocycles. The maximum absolute atomic E-state index is 7.03.